The summed E-state index contributed by atoms with van der Waals surface area (Å²) in [6.07, 6.45) is 0. The van der Waals surface area contributed by atoms with Crippen LogP contribution in [0.1, 0.15) is 25.6 Å². The molecule has 7 heteroatoms. The van der Waals surface area contributed by atoms with Gasteiger partial charge in [0.05, 0.1) is 5.60 Å². The van der Waals surface area contributed by atoms with Gasteiger partial charge in [-0.25, -0.2) is 13.1 Å². The summed E-state index contributed by atoms with van der Waals surface area (Å²) in [5.41, 5.74) is -0.507. The number of nitrogens with one attached hydrogen (secondary N) is 2. The summed E-state index contributed by atoms with van der Waals surface area (Å²) in [6, 6.07) is 3.46. The third kappa shape index (κ3) is 5.19. The van der Waals surface area contributed by atoms with Crippen molar-refractivity contribution in [3.63, 3.8) is 0 Å². The second-order valence-corrected chi connectivity index (χ2v) is 7.93. The lowest BCUT2D eigenvalue weighted by molar-refractivity contribution is -0.00514. The van der Waals surface area contributed by atoms with Crippen LogP contribution in [0.15, 0.2) is 16.3 Å². The maximum Gasteiger partial charge on any atom is 0.250 e. The van der Waals surface area contributed by atoms with Crippen LogP contribution < -0.4 is 10.0 Å². The fourth-order valence-electron chi connectivity index (χ4n) is 1.55. The van der Waals surface area contributed by atoms with Gasteiger partial charge in [-0.15, -0.1) is 11.3 Å². The molecule has 1 aromatic heterocycles. The molecule has 0 spiro atoms. The first-order chi connectivity index (χ1) is 8.80. The first-order valence-electron chi connectivity index (χ1n) is 6.17. The molecule has 0 bridgehead atoms. The van der Waals surface area contributed by atoms with Gasteiger partial charge in [0.15, 0.2) is 0 Å². The third-order valence-corrected chi connectivity index (χ3v) is 5.45. The fraction of sp³-hybridized carbons (Fsp3) is 0.667. The highest BCUT2D eigenvalue weighted by molar-refractivity contribution is 7.91. The monoisotopic (exact) mass is 306 g/mol. The Morgan fingerprint density at radius 3 is 2.63 bits per heavy atom. The standard InChI is InChI=1S/C12H22N2O3S2/c1-5-17-12(2,3)9-14-19(15,16)11-7-6-10(18-11)8-13-4/h6-7,13-14H,5,8-9H2,1-4H3. The Morgan fingerprint density at radius 2 is 2.05 bits per heavy atom. The Morgan fingerprint density at radius 1 is 1.37 bits per heavy atom. The lowest BCUT2D eigenvalue weighted by Gasteiger charge is -2.24. The first kappa shape index (κ1) is 16.6. The van der Waals surface area contributed by atoms with Gasteiger partial charge in [-0.1, -0.05) is 0 Å². The summed E-state index contributed by atoms with van der Waals surface area (Å²) >= 11 is 1.27. The molecule has 0 aliphatic heterocycles. The molecule has 0 aliphatic carbocycles. The van der Waals surface area contributed by atoms with Crippen molar-refractivity contribution in [2.75, 3.05) is 20.2 Å². The van der Waals surface area contributed by atoms with Crippen molar-refractivity contribution in [3.05, 3.63) is 17.0 Å². The number of sulfonamides is 1. The minimum atomic E-state index is -3.45. The van der Waals surface area contributed by atoms with Gasteiger partial charge in [-0.2, -0.15) is 0 Å². The Labute approximate surface area is 119 Å². The molecule has 5 nitrogen and oxygen atoms in total. The Balaban J connectivity index is 2.70. The molecule has 0 fully saturated rings. The van der Waals surface area contributed by atoms with Crippen molar-refractivity contribution < 1.29 is 13.2 Å². The summed E-state index contributed by atoms with van der Waals surface area (Å²) in [5.74, 6) is 0. The van der Waals surface area contributed by atoms with Crippen LogP contribution in [0.5, 0.6) is 0 Å². The summed E-state index contributed by atoms with van der Waals surface area (Å²) in [4.78, 5) is 0.993. The van der Waals surface area contributed by atoms with Gasteiger partial charge < -0.3 is 10.1 Å². The minimum absolute atomic E-state index is 0.252. The molecule has 0 atom stereocenters. The SMILES string of the molecule is CCOC(C)(C)CNS(=O)(=O)c1ccc(CNC)s1. The zero-order valence-corrected chi connectivity index (χ0v) is 13.5. The van der Waals surface area contributed by atoms with Gasteiger partial charge in [-0.3, -0.25) is 0 Å². The van der Waals surface area contributed by atoms with Crippen LogP contribution in [-0.2, 0) is 21.3 Å². The van der Waals surface area contributed by atoms with Crippen LogP contribution in [0.25, 0.3) is 0 Å². The highest BCUT2D eigenvalue weighted by Gasteiger charge is 2.23. The molecule has 0 aliphatic rings. The van der Waals surface area contributed by atoms with Crippen molar-refractivity contribution in [2.24, 2.45) is 0 Å². The topological polar surface area (TPSA) is 67.4 Å². The highest BCUT2D eigenvalue weighted by atomic mass is 32.2. The predicted octanol–water partition coefficient (Wildman–Crippen LogP) is 1.56. The number of hydrogen-bond donors (Lipinski definition) is 2. The Bertz CT molecular complexity index is 495. The molecule has 0 saturated carbocycles. The average molecular weight is 306 g/mol. The van der Waals surface area contributed by atoms with Gasteiger partial charge in [-0.05, 0) is 40.0 Å². The molecular weight excluding hydrogens is 284 g/mol. The van der Waals surface area contributed by atoms with Gasteiger partial charge in [0.1, 0.15) is 4.21 Å². The first-order valence-corrected chi connectivity index (χ1v) is 8.47. The third-order valence-electron chi connectivity index (χ3n) is 2.48. The number of hydrogen-bond acceptors (Lipinski definition) is 5. The molecule has 0 unspecified atom stereocenters. The summed E-state index contributed by atoms with van der Waals surface area (Å²) in [7, 11) is -1.62. The Hall–Kier alpha value is -0.470. The normalized spacial score (nSPS) is 12.8. The van der Waals surface area contributed by atoms with Crippen LogP contribution in [0.4, 0.5) is 0 Å². The molecule has 110 valence electrons. The molecule has 0 radical (unpaired) electrons. The summed E-state index contributed by atoms with van der Waals surface area (Å²) in [5, 5.41) is 3.00. The number of ether oxygens (including phenoxy) is 1. The molecule has 19 heavy (non-hydrogen) atoms. The summed E-state index contributed by atoms with van der Waals surface area (Å²) < 4.78 is 32.6. The van der Waals surface area contributed by atoms with E-state index in [0.717, 1.165) is 4.88 Å². The lowest BCUT2D eigenvalue weighted by Crippen LogP contribution is -2.40. The van der Waals surface area contributed by atoms with Crippen LogP contribution >= 0.6 is 11.3 Å². The molecule has 0 aromatic carbocycles. The smallest absolute Gasteiger partial charge is 0.250 e. The van der Waals surface area contributed by atoms with E-state index in [4.69, 9.17) is 4.74 Å². The van der Waals surface area contributed by atoms with Gasteiger partial charge in [0.25, 0.3) is 0 Å². The van der Waals surface area contributed by atoms with Crippen molar-refractivity contribution >= 4 is 21.4 Å². The van der Waals surface area contributed by atoms with Crippen molar-refractivity contribution in [1.29, 1.82) is 0 Å². The second kappa shape index (κ2) is 6.81. The van der Waals surface area contributed by atoms with E-state index in [1.54, 1.807) is 6.07 Å². The second-order valence-electron chi connectivity index (χ2n) is 4.77. The number of rotatable bonds is 8. The van der Waals surface area contributed by atoms with Gasteiger partial charge in [0, 0.05) is 24.6 Å². The van der Waals surface area contributed by atoms with Crippen LogP contribution in [0, 0.1) is 0 Å². The van der Waals surface area contributed by atoms with Crippen LogP contribution in [-0.4, -0.2) is 34.2 Å². The number of thiophene rings is 1. The molecule has 0 saturated heterocycles. The van der Waals surface area contributed by atoms with E-state index < -0.39 is 15.6 Å². The van der Waals surface area contributed by atoms with E-state index >= 15 is 0 Å². The van der Waals surface area contributed by atoms with E-state index in [2.05, 4.69) is 10.0 Å². The maximum absolute atomic E-state index is 12.1. The van der Waals surface area contributed by atoms with Crippen molar-refractivity contribution in [2.45, 2.75) is 37.1 Å². The van der Waals surface area contributed by atoms with E-state index in [-0.39, 0.29) is 6.54 Å². The zero-order valence-electron chi connectivity index (χ0n) is 11.8. The molecule has 1 heterocycles. The van der Waals surface area contributed by atoms with E-state index in [0.29, 0.717) is 17.4 Å². The predicted molar refractivity (Wildman–Crippen MR) is 78.0 cm³/mol. The fourth-order valence-corrected chi connectivity index (χ4v) is 4.16. The highest BCUT2D eigenvalue weighted by Crippen LogP contribution is 2.21. The van der Waals surface area contributed by atoms with E-state index in [9.17, 15) is 8.42 Å². The molecular formula is C12H22N2O3S2. The molecule has 2 N–H and O–H groups in total. The zero-order chi connectivity index (χ0) is 14.5. The minimum Gasteiger partial charge on any atom is -0.375 e. The molecule has 1 rings (SSSR count). The van der Waals surface area contributed by atoms with E-state index in [1.165, 1.54) is 11.3 Å². The van der Waals surface area contributed by atoms with Gasteiger partial charge >= 0.3 is 0 Å². The van der Waals surface area contributed by atoms with Crippen LogP contribution in [0.3, 0.4) is 0 Å². The largest absolute Gasteiger partial charge is 0.375 e. The van der Waals surface area contributed by atoms with Gasteiger partial charge in [0.2, 0.25) is 10.0 Å². The van der Waals surface area contributed by atoms with Crippen molar-refractivity contribution in [3.8, 4) is 0 Å². The van der Waals surface area contributed by atoms with Crippen LogP contribution in [0.2, 0.25) is 0 Å². The lowest BCUT2D eigenvalue weighted by atomic mass is 10.1. The quantitative estimate of drug-likeness (QED) is 0.765. The molecule has 0 amide bonds. The maximum atomic E-state index is 12.1. The molecule has 1 aromatic rings. The summed E-state index contributed by atoms with van der Waals surface area (Å²) in [6.45, 7) is 7.09. The average Bonchev–Trinajstić information content (AvgIpc) is 2.77. The van der Waals surface area contributed by atoms with E-state index in [1.807, 2.05) is 33.9 Å². The Kier molecular flexibility index (Phi) is 5.94. The van der Waals surface area contributed by atoms with Crippen molar-refractivity contribution in [1.82, 2.24) is 10.0 Å².